The summed E-state index contributed by atoms with van der Waals surface area (Å²) in [7, 11) is 0. The minimum absolute atomic E-state index is 0.0101. The fraction of sp³-hybridized carbons (Fsp3) is 0.333. The van der Waals surface area contributed by atoms with Crippen LogP contribution in [-0.4, -0.2) is 10.4 Å². The molecule has 2 rings (SSSR count). The van der Waals surface area contributed by atoms with E-state index >= 15 is 0 Å². The molecule has 0 saturated heterocycles. The van der Waals surface area contributed by atoms with E-state index in [0.717, 1.165) is 0 Å². The molecule has 16 heavy (non-hydrogen) atoms. The van der Waals surface area contributed by atoms with Crippen LogP contribution in [0.1, 0.15) is 37.2 Å². The third-order valence-corrected chi connectivity index (χ3v) is 2.54. The molecule has 0 N–H and O–H groups in total. The number of nitrogens with zero attached hydrogens (tertiary/aromatic N) is 1. The van der Waals surface area contributed by atoms with Crippen molar-refractivity contribution in [2.24, 2.45) is 0 Å². The average Bonchev–Trinajstić information content (AvgIpc) is 2.52. The number of carbonyl (C=O) groups excluding carboxylic acids is 1. The first-order chi connectivity index (χ1) is 7.52. The van der Waals surface area contributed by atoms with Gasteiger partial charge in [-0.05, 0) is 32.9 Å². The highest BCUT2D eigenvalue weighted by Crippen LogP contribution is 2.20. The van der Waals surface area contributed by atoms with Gasteiger partial charge in [0.2, 0.25) is 0 Å². The summed E-state index contributed by atoms with van der Waals surface area (Å²) < 4.78 is 6.68. The van der Waals surface area contributed by atoms with Crippen molar-refractivity contribution in [3.63, 3.8) is 0 Å². The smallest absolute Gasteiger partial charge is 0.407 e. The van der Waals surface area contributed by atoms with Crippen LogP contribution in [0.25, 0.3) is 11.1 Å². The summed E-state index contributed by atoms with van der Waals surface area (Å²) in [6.45, 7) is 5.26. The maximum Gasteiger partial charge on any atom is 0.420 e. The van der Waals surface area contributed by atoms with Crippen LogP contribution >= 0.6 is 0 Å². The Labute approximate surface area is 92.5 Å². The van der Waals surface area contributed by atoms with E-state index in [-0.39, 0.29) is 11.8 Å². The molecule has 84 valence electrons. The van der Waals surface area contributed by atoms with E-state index < -0.39 is 5.76 Å². The van der Waals surface area contributed by atoms with Crippen LogP contribution in [0.5, 0.6) is 0 Å². The van der Waals surface area contributed by atoms with E-state index in [4.69, 9.17) is 4.42 Å². The Morgan fingerprint density at radius 2 is 2.06 bits per heavy atom. The van der Waals surface area contributed by atoms with Crippen LogP contribution in [0, 0.1) is 0 Å². The second kappa shape index (κ2) is 3.63. The molecule has 0 aliphatic carbocycles. The largest absolute Gasteiger partial charge is 0.420 e. The second-order valence-corrected chi connectivity index (χ2v) is 4.04. The lowest BCUT2D eigenvalue weighted by molar-refractivity contribution is 0.101. The van der Waals surface area contributed by atoms with Crippen LogP contribution in [-0.2, 0) is 0 Å². The summed E-state index contributed by atoms with van der Waals surface area (Å²) in [5.74, 6) is -0.519. The fourth-order valence-corrected chi connectivity index (χ4v) is 1.82. The Balaban J connectivity index is 2.88. The SMILES string of the molecule is CC(=O)c1cccc2c1oc(=O)n2C(C)C. The number of Topliss-reactive ketones (excluding diaryl/α,β-unsaturated/α-hetero) is 1. The zero-order valence-corrected chi connectivity index (χ0v) is 9.48. The fourth-order valence-electron chi connectivity index (χ4n) is 1.82. The highest BCUT2D eigenvalue weighted by molar-refractivity contribution is 6.04. The lowest BCUT2D eigenvalue weighted by atomic mass is 10.1. The van der Waals surface area contributed by atoms with Crippen molar-refractivity contribution in [1.82, 2.24) is 4.57 Å². The topological polar surface area (TPSA) is 52.2 Å². The van der Waals surface area contributed by atoms with Crippen LogP contribution < -0.4 is 5.76 Å². The van der Waals surface area contributed by atoms with Crippen molar-refractivity contribution >= 4 is 16.9 Å². The third-order valence-electron chi connectivity index (χ3n) is 2.54. The van der Waals surface area contributed by atoms with E-state index in [1.807, 2.05) is 13.8 Å². The molecule has 0 amide bonds. The van der Waals surface area contributed by atoms with Gasteiger partial charge in [-0.15, -0.1) is 0 Å². The maximum absolute atomic E-state index is 11.6. The number of hydrogen-bond donors (Lipinski definition) is 0. The van der Waals surface area contributed by atoms with Crippen molar-refractivity contribution in [2.45, 2.75) is 26.8 Å². The van der Waals surface area contributed by atoms with Gasteiger partial charge < -0.3 is 4.42 Å². The van der Waals surface area contributed by atoms with Crippen molar-refractivity contribution in [3.8, 4) is 0 Å². The lowest BCUT2D eigenvalue weighted by Crippen LogP contribution is -2.15. The molecule has 0 atom stereocenters. The molecule has 1 aromatic carbocycles. The standard InChI is InChI=1S/C12H13NO3/c1-7(2)13-10-6-4-5-9(8(3)14)11(10)16-12(13)15/h4-7H,1-3H3. The quantitative estimate of drug-likeness (QED) is 0.728. The van der Waals surface area contributed by atoms with Gasteiger partial charge in [0.1, 0.15) is 0 Å². The summed E-state index contributed by atoms with van der Waals surface area (Å²) in [5.41, 5.74) is 1.51. The summed E-state index contributed by atoms with van der Waals surface area (Å²) in [4.78, 5) is 23.0. The van der Waals surface area contributed by atoms with Crippen LogP contribution in [0.2, 0.25) is 0 Å². The molecule has 0 aliphatic rings. The molecule has 0 radical (unpaired) electrons. The molecule has 0 fully saturated rings. The number of para-hydroxylation sites is 1. The Hall–Kier alpha value is -1.84. The molecular formula is C12H13NO3. The zero-order valence-electron chi connectivity index (χ0n) is 9.48. The van der Waals surface area contributed by atoms with Crippen molar-refractivity contribution < 1.29 is 9.21 Å². The van der Waals surface area contributed by atoms with E-state index in [0.29, 0.717) is 16.7 Å². The first-order valence-electron chi connectivity index (χ1n) is 5.17. The number of carbonyl (C=O) groups is 1. The van der Waals surface area contributed by atoms with Crippen LogP contribution in [0.3, 0.4) is 0 Å². The first kappa shape index (κ1) is 10.7. The lowest BCUT2D eigenvalue weighted by Gasteiger charge is -2.05. The van der Waals surface area contributed by atoms with E-state index in [2.05, 4.69) is 0 Å². The molecule has 0 spiro atoms. The average molecular weight is 219 g/mol. The number of ketones is 1. The molecule has 0 saturated carbocycles. The molecule has 4 heteroatoms. The zero-order chi connectivity index (χ0) is 11.9. The van der Waals surface area contributed by atoms with Crippen LogP contribution in [0.4, 0.5) is 0 Å². The van der Waals surface area contributed by atoms with Crippen molar-refractivity contribution in [1.29, 1.82) is 0 Å². The summed E-state index contributed by atoms with van der Waals surface area (Å²) in [5, 5.41) is 0. The van der Waals surface area contributed by atoms with Gasteiger partial charge in [0.25, 0.3) is 0 Å². The third kappa shape index (κ3) is 1.46. The second-order valence-electron chi connectivity index (χ2n) is 4.04. The van der Waals surface area contributed by atoms with Crippen molar-refractivity contribution in [2.75, 3.05) is 0 Å². The molecule has 4 nitrogen and oxygen atoms in total. The molecule has 2 aromatic rings. The number of hydrogen-bond acceptors (Lipinski definition) is 3. The van der Waals surface area contributed by atoms with E-state index in [1.165, 1.54) is 6.92 Å². The predicted molar refractivity (Wildman–Crippen MR) is 60.9 cm³/mol. The molecule has 0 unspecified atom stereocenters. The Kier molecular flexibility index (Phi) is 2.42. The van der Waals surface area contributed by atoms with Crippen LogP contribution in [0.15, 0.2) is 27.4 Å². The molecule has 1 aromatic heterocycles. The Morgan fingerprint density at radius 1 is 1.38 bits per heavy atom. The van der Waals surface area contributed by atoms with Gasteiger partial charge in [-0.1, -0.05) is 6.07 Å². The summed E-state index contributed by atoms with van der Waals surface area (Å²) in [6.07, 6.45) is 0. The number of aromatic nitrogens is 1. The van der Waals surface area contributed by atoms with Gasteiger partial charge in [0.15, 0.2) is 11.4 Å². The van der Waals surface area contributed by atoms with Crippen molar-refractivity contribution in [3.05, 3.63) is 34.3 Å². The van der Waals surface area contributed by atoms with E-state index in [9.17, 15) is 9.59 Å². The monoisotopic (exact) mass is 219 g/mol. The Morgan fingerprint density at radius 3 is 2.62 bits per heavy atom. The van der Waals surface area contributed by atoms with Gasteiger partial charge in [-0.2, -0.15) is 0 Å². The predicted octanol–water partition coefficient (Wildman–Crippen LogP) is 2.38. The molecule has 0 aliphatic heterocycles. The van der Waals surface area contributed by atoms with E-state index in [1.54, 1.807) is 22.8 Å². The number of benzene rings is 1. The normalized spacial score (nSPS) is 11.2. The highest BCUT2D eigenvalue weighted by atomic mass is 16.4. The minimum atomic E-state index is -0.418. The van der Waals surface area contributed by atoms with Gasteiger partial charge in [-0.3, -0.25) is 9.36 Å². The molecule has 0 bridgehead atoms. The number of rotatable bonds is 2. The molecule has 1 heterocycles. The van der Waals surface area contributed by atoms with Gasteiger partial charge in [0, 0.05) is 6.04 Å². The summed E-state index contributed by atoms with van der Waals surface area (Å²) in [6, 6.07) is 5.22. The van der Waals surface area contributed by atoms with Gasteiger partial charge in [-0.25, -0.2) is 4.79 Å². The molecular weight excluding hydrogens is 206 g/mol. The van der Waals surface area contributed by atoms with Gasteiger partial charge in [0.05, 0.1) is 11.1 Å². The number of oxazole rings is 1. The number of fused-ring (bicyclic) bond motifs is 1. The van der Waals surface area contributed by atoms with Gasteiger partial charge >= 0.3 is 5.76 Å². The summed E-state index contributed by atoms with van der Waals surface area (Å²) >= 11 is 0. The minimum Gasteiger partial charge on any atom is -0.407 e. The highest BCUT2D eigenvalue weighted by Gasteiger charge is 2.16. The maximum atomic E-state index is 11.6. The first-order valence-corrected chi connectivity index (χ1v) is 5.17. The Bertz CT molecular complexity index is 604.